The fourth-order valence-corrected chi connectivity index (χ4v) is 7.07. The van der Waals surface area contributed by atoms with Crippen LogP contribution in [-0.2, 0) is 28.6 Å². The zero-order valence-electron chi connectivity index (χ0n) is 40.2. The highest BCUT2D eigenvalue weighted by Crippen LogP contribution is 2.14. The second-order valence-corrected chi connectivity index (χ2v) is 17.1. The predicted octanol–water partition coefficient (Wildman–Crippen LogP) is 16.9. The number of ether oxygens (including phenoxy) is 3. The number of esters is 3. The van der Waals surface area contributed by atoms with E-state index in [1.54, 1.807) is 0 Å². The van der Waals surface area contributed by atoms with Gasteiger partial charge in [0, 0.05) is 19.3 Å². The zero-order chi connectivity index (χ0) is 44.4. The van der Waals surface area contributed by atoms with Gasteiger partial charge in [0.25, 0.3) is 0 Å². The van der Waals surface area contributed by atoms with Crippen molar-refractivity contribution >= 4 is 17.9 Å². The van der Waals surface area contributed by atoms with Gasteiger partial charge in [-0.05, 0) is 89.9 Å². The summed E-state index contributed by atoms with van der Waals surface area (Å²) in [4.78, 5) is 37.9. The second-order valence-electron chi connectivity index (χ2n) is 17.1. The first-order valence-electron chi connectivity index (χ1n) is 25.8. The maximum atomic E-state index is 12.8. The maximum Gasteiger partial charge on any atom is 0.306 e. The van der Waals surface area contributed by atoms with E-state index in [0.717, 1.165) is 103 Å². The highest BCUT2D eigenvalue weighted by atomic mass is 16.6. The Bertz CT molecular complexity index is 1120. The molecule has 0 aliphatic heterocycles. The number of carbonyl (C=O) groups excluding carboxylic acids is 3. The van der Waals surface area contributed by atoms with E-state index in [1.807, 2.05) is 0 Å². The van der Waals surface area contributed by atoms with Crippen molar-refractivity contribution < 1.29 is 28.6 Å². The van der Waals surface area contributed by atoms with Crippen molar-refractivity contribution in [3.8, 4) is 0 Å². The molecule has 0 aliphatic rings. The third-order valence-electron chi connectivity index (χ3n) is 11.0. The molecular formula is C55H96O6. The van der Waals surface area contributed by atoms with Crippen molar-refractivity contribution in [1.29, 1.82) is 0 Å². The summed E-state index contributed by atoms with van der Waals surface area (Å²) in [6, 6.07) is 0. The third-order valence-corrected chi connectivity index (χ3v) is 11.0. The topological polar surface area (TPSA) is 78.9 Å². The smallest absolute Gasteiger partial charge is 0.306 e. The monoisotopic (exact) mass is 853 g/mol. The molecule has 0 aromatic heterocycles. The van der Waals surface area contributed by atoms with Crippen LogP contribution in [0.1, 0.15) is 252 Å². The molecule has 0 N–H and O–H groups in total. The lowest BCUT2D eigenvalue weighted by atomic mass is 10.1. The van der Waals surface area contributed by atoms with Crippen LogP contribution in [0, 0.1) is 0 Å². The largest absolute Gasteiger partial charge is 0.462 e. The number of allylic oxidation sites excluding steroid dienone is 10. The van der Waals surface area contributed by atoms with Crippen LogP contribution in [0.3, 0.4) is 0 Å². The van der Waals surface area contributed by atoms with E-state index in [-0.39, 0.29) is 31.1 Å². The molecule has 0 amide bonds. The van der Waals surface area contributed by atoms with Crippen LogP contribution in [0.4, 0.5) is 0 Å². The average Bonchev–Trinajstić information content (AvgIpc) is 3.26. The molecule has 352 valence electrons. The molecule has 0 radical (unpaired) electrons. The second kappa shape index (κ2) is 49.8. The molecule has 6 heteroatoms. The van der Waals surface area contributed by atoms with Gasteiger partial charge in [-0.1, -0.05) is 204 Å². The molecule has 0 saturated carbocycles. The van der Waals surface area contributed by atoms with Crippen molar-refractivity contribution in [2.24, 2.45) is 0 Å². The Labute approximate surface area is 377 Å². The van der Waals surface area contributed by atoms with Crippen molar-refractivity contribution in [2.45, 2.75) is 258 Å². The fraction of sp³-hybridized carbons (Fsp3) is 0.764. The molecule has 1 atom stereocenters. The molecule has 0 heterocycles. The van der Waals surface area contributed by atoms with Crippen LogP contribution in [0.25, 0.3) is 0 Å². The molecule has 0 unspecified atom stereocenters. The minimum absolute atomic E-state index is 0.0831. The van der Waals surface area contributed by atoms with Gasteiger partial charge < -0.3 is 14.2 Å². The lowest BCUT2D eigenvalue weighted by Crippen LogP contribution is -2.30. The van der Waals surface area contributed by atoms with E-state index < -0.39 is 6.10 Å². The van der Waals surface area contributed by atoms with Gasteiger partial charge in [-0.2, -0.15) is 0 Å². The number of unbranched alkanes of at least 4 members (excludes halogenated alkanes) is 25. The summed E-state index contributed by atoms with van der Waals surface area (Å²) in [6.07, 6.45) is 60.6. The van der Waals surface area contributed by atoms with E-state index in [1.165, 1.54) is 109 Å². The van der Waals surface area contributed by atoms with Crippen LogP contribution in [0.5, 0.6) is 0 Å². The quantitative estimate of drug-likeness (QED) is 0.0263. The normalized spacial score (nSPS) is 12.5. The molecule has 0 bridgehead atoms. The van der Waals surface area contributed by atoms with Gasteiger partial charge in [-0.3, -0.25) is 14.4 Å². The highest BCUT2D eigenvalue weighted by molar-refractivity contribution is 5.71. The summed E-state index contributed by atoms with van der Waals surface area (Å²) in [5.41, 5.74) is 0. The minimum atomic E-state index is -0.783. The molecule has 0 spiro atoms. The Hall–Kier alpha value is -2.89. The molecule has 0 fully saturated rings. The standard InChI is InChI=1S/C55H96O6/c1-4-7-10-13-16-19-21-23-25-26-27-28-30-31-33-36-39-42-45-48-54(57)60-51-52(50-59-53(56)47-44-41-38-35-18-15-12-9-6-3)61-55(58)49-46-43-40-37-34-32-29-24-22-20-17-14-11-8-5-2/h16-17,19-20,23-25,27-29,52H,4-15,18,21-22,26,30-51H2,1-3H3/b19-16-,20-17-,25-23-,28-27-,29-24-/t52-/m1/s1. The van der Waals surface area contributed by atoms with Crippen molar-refractivity contribution in [2.75, 3.05) is 13.2 Å². The average molecular weight is 853 g/mol. The van der Waals surface area contributed by atoms with Gasteiger partial charge in [0.15, 0.2) is 6.10 Å². The minimum Gasteiger partial charge on any atom is -0.462 e. The fourth-order valence-electron chi connectivity index (χ4n) is 7.07. The van der Waals surface area contributed by atoms with Gasteiger partial charge in [0.1, 0.15) is 13.2 Å². The van der Waals surface area contributed by atoms with Gasteiger partial charge in [0.2, 0.25) is 0 Å². The predicted molar refractivity (Wildman–Crippen MR) is 261 cm³/mol. The molecular weight excluding hydrogens is 757 g/mol. The van der Waals surface area contributed by atoms with E-state index >= 15 is 0 Å². The van der Waals surface area contributed by atoms with E-state index in [9.17, 15) is 14.4 Å². The van der Waals surface area contributed by atoms with Crippen LogP contribution >= 0.6 is 0 Å². The Balaban J connectivity index is 4.36. The van der Waals surface area contributed by atoms with Gasteiger partial charge in [-0.25, -0.2) is 0 Å². The van der Waals surface area contributed by atoms with Crippen molar-refractivity contribution in [3.63, 3.8) is 0 Å². The van der Waals surface area contributed by atoms with Gasteiger partial charge in [-0.15, -0.1) is 0 Å². The Morgan fingerprint density at radius 1 is 0.328 bits per heavy atom. The molecule has 0 aromatic carbocycles. The number of hydrogen-bond donors (Lipinski definition) is 0. The van der Waals surface area contributed by atoms with Gasteiger partial charge in [0.05, 0.1) is 0 Å². The SMILES string of the molecule is CCCCC/C=C\C/C=C\C/C=C\CCCCCCCCC(=O)OC[C@@H](COC(=O)CCCCCCCCCCC)OC(=O)CCCCCCC/C=C\C/C=C\CCCCC. The lowest BCUT2D eigenvalue weighted by Gasteiger charge is -2.18. The van der Waals surface area contributed by atoms with E-state index in [2.05, 4.69) is 81.5 Å². The molecule has 0 aromatic rings. The summed E-state index contributed by atoms with van der Waals surface area (Å²) in [5.74, 6) is -0.910. The highest BCUT2D eigenvalue weighted by Gasteiger charge is 2.19. The van der Waals surface area contributed by atoms with Crippen LogP contribution in [0.15, 0.2) is 60.8 Å². The lowest BCUT2D eigenvalue weighted by molar-refractivity contribution is -0.167. The molecule has 0 rings (SSSR count). The molecule has 0 aliphatic carbocycles. The Morgan fingerprint density at radius 2 is 0.590 bits per heavy atom. The van der Waals surface area contributed by atoms with Crippen molar-refractivity contribution in [1.82, 2.24) is 0 Å². The van der Waals surface area contributed by atoms with Gasteiger partial charge >= 0.3 is 17.9 Å². The molecule has 0 saturated heterocycles. The van der Waals surface area contributed by atoms with E-state index in [0.29, 0.717) is 19.3 Å². The maximum absolute atomic E-state index is 12.8. The van der Waals surface area contributed by atoms with E-state index in [4.69, 9.17) is 14.2 Å². The first-order valence-corrected chi connectivity index (χ1v) is 25.8. The number of hydrogen-bond acceptors (Lipinski definition) is 6. The Kier molecular flexibility index (Phi) is 47.4. The summed E-state index contributed by atoms with van der Waals surface area (Å²) < 4.78 is 16.7. The summed E-state index contributed by atoms with van der Waals surface area (Å²) in [5, 5.41) is 0. The first kappa shape index (κ1) is 58.1. The summed E-state index contributed by atoms with van der Waals surface area (Å²) in [6.45, 7) is 6.54. The Morgan fingerprint density at radius 3 is 0.951 bits per heavy atom. The van der Waals surface area contributed by atoms with Crippen LogP contribution in [0.2, 0.25) is 0 Å². The molecule has 61 heavy (non-hydrogen) atoms. The third kappa shape index (κ3) is 48.0. The molecule has 6 nitrogen and oxygen atoms in total. The van der Waals surface area contributed by atoms with Crippen molar-refractivity contribution in [3.05, 3.63) is 60.8 Å². The zero-order valence-corrected chi connectivity index (χ0v) is 40.2. The summed E-state index contributed by atoms with van der Waals surface area (Å²) in [7, 11) is 0. The first-order chi connectivity index (χ1) is 30.0. The number of carbonyl (C=O) groups is 3. The van der Waals surface area contributed by atoms with Crippen LogP contribution in [-0.4, -0.2) is 37.2 Å². The summed E-state index contributed by atoms with van der Waals surface area (Å²) >= 11 is 0. The number of rotatable bonds is 46. The van der Waals surface area contributed by atoms with Crippen LogP contribution < -0.4 is 0 Å².